The van der Waals surface area contributed by atoms with Gasteiger partial charge in [0.2, 0.25) is 15.9 Å². The smallest absolute Gasteiger partial charge is 0.241 e. The van der Waals surface area contributed by atoms with Crippen molar-refractivity contribution in [2.24, 2.45) is 0 Å². The van der Waals surface area contributed by atoms with Crippen LogP contribution in [0.4, 0.5) is 5.69 Å². The van der Waals surface area contributed by atoms with Crippen LogP contribution in [0.15, 0.2) is 84.0 Å². The number of sulfonamides is 1. The van der Waals surface area contributed by atoms with Crippen LogP contribution in [0.3, 0.4) is 0 Å². The van der Waals surface area contributed by atoms with Crippen molar-refractivity contribution in [1.29, 1.82) is 0 Å². The van der Waals surface area contributed by atoms with E-state index in [1.54, 1.807) is 67.0 Å². The number of anilines is 1. The van der Waals surface area contributed by atoms with Gasteiger partial charge in [0.05, 0.1) is 10.9 Å². The molecule has 0 aliphatic heterocycles. The Morgan fingerprint density at radius 1 is 0.964 bits per heavy atom. The van der Waals surface area contributed by atoms with Crippen LogP contribution in [-0.4, -0.2) is 19.3 Å². The maximum atomic E-state index is 12.7. The molecule has 0 bridgehead atoms. The average molecular weight is 416 g/mol. The number of amides is 1. The maximum absolute atomic E-state index is 12.7. The molecular formula is C20H18ClN3O3S. The molecule has 1 aromatic heterocycles. The molecule has 0 aliphatic rings. The number of hydrogen-bond donors (Lipinski definition) is 2. The third-order valence-electron chi connectivity index (χ3n) is 3.98. The summed E-state index contributed by atoms with van der Waals surface area (Å²) in [6.45, 7) is 0. The van der Waals surface area contributed by atoms with Gasteiger partial charge in [0.15, 0.2) is 0 Å². The molecule has 2 aromatic carbocycles. The Morgan fingerprint density at radius 2 is 1.61 bits per heavy atom. The number of halogens is 1. The second-order valence-electron chi connectivity index (χ2n) is 6.03. The molecule has 1 amide bonds. The number of pyridine rings is 1. The predicted molar refractivity (Wildman–Crippen MR) is 108 cm³/mol. The van der Waals surface area contributed by atoms with Crippen LogP contribution in [-0.2, 0) is 14.8 Å². The molecule has 28 heavy (non-hydrogen) atoms. The summed E-state index contributed by atoms with van der Waals surface area (Å²) < 4.78 is 28.1. The quantitative estimate of drug-likeness (QED) is 0.614. The summed E-state index contributed by atoms with van der Waals surface area (Å²) in [6.07, 6.45) is 3.03. The van der Waals surface area contributed by atoms with E-state index >= 15 is 0 Å². The lowest BCUT2D eigenvalue weighted by atomic mass is 10.0. The maximum Gasteiger partial charge on any atom is 0.241 e. The Labute approximate surface area is 168 Å². The van der Waals surface area contributed by atoms with Crippen LogP contribution in [0.5, 0.6) is 0 Å². The molecule has 0 fully saturated rings. The van der Waals surface area contributed by atoms with Gasteiger partial charge in [-0.3, -0.25) is 9.78 Å². The molecular weight excluding hydrogens is 398 g/mol. The lowest BCUT2D eigenvalue weighted by Gasteiger charge is -2.19. The molecule has 1 heterocycles. The van der Waals surface area contributed by atoms with E-state index in [9.17, 15) is 13.2 Å². The zero-order chi connectivity index (χ0) is 20.0. The number of carbonyl (C=O) groups excluding carboxylic acids is 1. The number of aromatic nitrogens is 1. The first kappa shape index (κ1) is 20.0. The van der Waals surface area contributed by atoms with Gasteiger partial charge in [-0.25, -0.2) is 13.1 Å². The zero-order valence-corrected chi connectivity index (χ0v) is 16.3. The number of nitrogens with zero attached hydrogens (tertiary/aromatic N) is 1. The van der Waals surface area contributed by atoms with Gasteiger partial charge in [-0.2, -0.15) is 0 Å². The summed E-state index contributed by atoms with van der Waals surface area (Å²) >= 11 is 5.93. The standard InChI is InChI=1S/C20H18ClN3O3S/c21-16-8-6-15(7-9-16)19(14-20(25)23-17-10-12-22-13-11-17)24-28(26,27)18-4-2-1-3-5-18/h1-13,19,24H,14H2,(H,22,23,25). The summed E-state index contributed by atoms with van der Waals surface area (Å²) in [5.74, 6) is -0.332. The molecule has 144 valence electrons. The van der Waals surface area contributed by atoms with Crippen molar-refractivity contribution < 1.29 is 13.2 Å². The normalized spacial score (nSPS) is 12.3. The monoisotopic (exact) mass is 415 g/mol. The van der Waals surface area contributed by atoms with E-state index in [0.29, 0.717) is 16.3 Å². The van der Waals surface area contributed by atoms with E-state index in [2.05, 4.69) is 15.0 Å². The van der Waals surface area contributed by atoms with Gasteiger partial charge >= 0.3 is 0 Å². The van der Waals surface area contributed by atoms with E-state index in [-0.39, 0.29) is 17.2 Å². The van der Waals surface area contributed by atoms with Crippen LogP contribution >= 0.6 is 11.6 Å². The van der Waals surface area contributed by atoms with Crippen LogP contribution in [0.25, 0.3) is 0 Å². The third kappa shape index (κ3) is 5.39. The summed E-state index contributed by atoms with van der Waals surface area (Å²) in [4.78, 5) is 16.5. The summed E-state index contributed by atoms with van der Waals surface area (Å²) in [7, 11) is -3.81. The van der Waals surface area contributed by atoms with E-state index in [1.165, 1.54) is 12.1 Å². The first-order chi connectivity index (χ1) is 13.4. The molecule has 3 aromatic rings. The molecule has 0 radical (unpaired) electrons. The van der Waals surface area contributed by atoms with Gasteiger partial charge < -0.3 is 5.32 Å². The minimum absolute atomic E-state index is 0.0873. The Hall–Kier alpha value is -2.74. The highest BCUT2D eigenvalue weighted by atomic mass is 35.5. The van der Waals surface area contributed by atoms with Gasteiger partial charge in [0.1, 0.15) is 0 Å². The Bertz CT molecular complexity index is 1030. The molecule has 1 unspecified atom stereocenters. The van der Waals surface area contributed by atoms with Crippen molar-refractivity contribution in [2.45, 2.75) is 17.4 Å². The summed E-state index contributed by atoms with van der Waals surface area (Å²) in [5.41, 5.74) is 1.22. The highest BCUT2D eigenvalue weighted by Crippen LogP contribution is 2.23. The second kappa shape index (κ2) is 8.97. The number of nitrogens with one attached hydrogen (secondary N) is 2. The predicted octanol–water partition coefficient (Wildman–Crippen LogP) is 3.78. The Morgan fingerprint density at radius 3 is 2.25 bits per heavy atom. The van der Waals surface area contributed by atoms with Crippen LogP contribution in [0, 0.1) is 0 Å². The third-order valence-corrected chi connectivity index (χ3v) is 5.72. The number of carbonyl (C=O) groups is 1. The van der Waals surface area contributed by atoms with Crippen molar-refractivity contribution in [3.05, 3.63) is 89.7 Å². The molecule has 3 rings (SSSR count). The molecule has 6 nitrogen and oxygen atoms in total. The van der Waals surface area contributed by atoms with Crippen molar-refractivity contribution in [2.75, 3.05) is 5.32 Å². The van der Waals surface area contributed by atoms with Crippen LogP contribution in [0.2, 0.25) is 5.02 Å². The molecule has 0 aliphatic carbocycles. The van der Waals surface area contributed by atoms with Gasteiger partial charge in [0, 0.05) is 29.5 Å². The van der Waals surface area contributed by atoms with Gasteiger partial charge in [0.25, 0.3) is 0 Å². The number of rotatable bonds is 7. The first-order valence-corrected chi connectivity index (χ1v) is 10.3. The highest BCUT2D eigenvalue weighted by Gasteiger charge is 2.23. The molecule has 2 N–H and O–H groups in total. The van der Waals surface area contributed by atoms with E-state index in [4.69, 9.17) is 11.6 Å². The van der Waals surface area contributed by atoms with Crippen molar-refractivity contribution in [1.82, 2.24) is 9.71 Å². The Balaban J connectivity index is 1.83. The van der Waals surface area contributed by atoms with Gasteiger partial charge in [-0.1, -0.05) is 41.9 Å². The minimum Gasteiger partial charge on any atom is -0.326 e. The lowest BCUT2D eigenvalue weighted by molar-refractivity contribution is -0.116. The first-order valence-electron chi connectivity index (χ1n) is 8.47. The van der Waals surface area contributed by atoms with Crippen molar-refractivity contribution in [3.63, 3.8) is 0 Å². The Kier molecular flexibility index (Phi) is 6.41. The second-order valence-corrected chi connectivity index (χ2v) is 8.18. The van der Waals surface area contributed by atoms with Crippen molar-refractivity contribution in [3.8, 4) is 0 Å². The summed E-state index contributed by atoms with van der Waals surface area (Å²) in [6, 6.07) is 17.3. The molecule has 1 atom stereocenters. The van der Waals surface area contributed by atoms with Crippen LogP contribution in [0.1, 0.15) is 18.0 Å². The van der Waals surface area contributed by atoms with E-state index < -0.39 is 16.1 Å². The highest BCUT2D eigenvalue weighted by molar-refractivity contribution is 7.89. The lowest BCUT2D eigenvalue weighted by Crippen LogP contribution is -2.31. The molecule has 0 saturated carbocycles. The number of benzene rings is 2. The molecule has 8 heteroatoms. The minimum atomic E-state index is -3.81. The van der Waals surface area contributed by atoms with Crippen molar-refractivity contribution >= 4 is 33.2 Å². The average Bonchev–Trinajstić information content (AvgIpc) is 2.69. The van der Waals surface area contributed by atoms with E-state index in [1.807, 2.05) is 0 Å². The topological polar surface area (TPSA) is 88.2 Å². The summed E-state index contributed by atoms with van der Waals surface area (Å²) in [5, 5.41) is 3.26. The number of hydrogen-bond acceptors (Lipinski definition) is 4. The van der Waals surface area contributed by atoms with E-state index in [0.717, 1.165) is 0 Å². The SMILES string of the molecule is O=C(CC(NS(=O)(=O)c1ccccc1)c1ccc(Cl)cc1)Nc1ccncc1. The molecule has 0 saturated heterocycles. The molecule has 0 spiro atoms. The van der Waals surface area contributed by atoms with Crippen LogP contribution < -0.4 is 10.0 Å². The largest absolute Gasteiger partial charge is 0.326 e. The van der Waals surface area contributed by atoms with Gasteiger partial charge in [-0.15, -0.1) is 0 Å². The fourth-order valence-corrected chi connectivity index (χ4v) is 3.98. The fourth-order valence-electron chi connectivity index (χ4n) is 2.61. The zero-order valence-electron chi connectivity index (χ0n) is 14.7. The van der Waals surface area contributed by atoms with Gasteiger partial charge in [-0.05, 0) is 42.0 Å². The fraction of sp³-hybridized carbons (Fsp3) is 0.100.